The zero-order valence-electron chi connectivity index (χ0n) is 15.9. The van der Waals surface area contributed by atoms with Gasteiger partial charge in [0.1, 0.15) is 30.4 Å². The second-order valence-electron chi connectivity index (χ2n) is 6.42. The van der Waals surface area contributed by atoms with Gasteiger partial charge in [-0.1, -0.05) is 12.1 Å². The minimum atomic E-state index is -0.122. The van der Waals surface area contributed by atoms with Crippen LogP contribution in [0.4, 0.5) is 0 Å². The number of benzene rings is 2. The first kappa shape index (κ1) is 18.6. The minimum absolute atomic E-state index is 0.0487. The molecule has 2 aromatic carbocycles. The molecule has 2 heterocycles. The maximum atomic E-state index is 12.2. The third-order valence-corrected chi connectivity index (χ3v) is 4.49. The molecular weight excluding hydrogens is 368 g/mol. The molecule has 6 heteroatoms. The Balaban J connectivity index is 1.40. The minimum Gasteiger partial charge on any atom is -0.497 e. The molecular formula is C23H20N2O4. The predicted octanol–water partition coefficient (Wildman–Crippen LogP) is 4.50. The van der Waals surface area contributed by atoms with Crippen LogP contribution in [-0.2, 0) is 4.79 Å². The van der Waals surface area contributed by atoms with Crippen LogP contribution >= 0.6 is 0 Å². The highest BCUT2D eigenvalue weighted by atomic mass is 16.5. The number of fused-ring (bicyclic) bond motifs is 1. The van der Waals surface area contributed by atoms with Gasteiger partial charge in [-0.2, -0.15) is 0 Å². The van der Waals surface area contributed by atoms with Crippen LogP contribution in [0.15, 0.2) is 76.5 Å². The van der Waals surface area contributed by atoms with Gasteiger partial charge in [0.15, 0.2) is 5.78 Å². The van der Waals surface area contributed by atoms with Crippen LogP contribution in [0, 0.1) is 0 Å². The number of carbonyl (C=O) groups is 1. The van der Waals surface area contributed by atoms with Gasteiger partial charge in [0.2, 0.25) is 0 Å². The van der Waals surface area contributed by atoms with E-state index in [1.807, 2.05) is 42.6 Å². The van der Waals surface area contributed by atoms with Gasteiger partial charge in [-0.25, -0.2) is 0 Å². The van der Waals surface area contributed by atoms with Gasteiger partial charge in [-0.15, -0.1) is 0 Å². The van der Waals surface area contributed by atoms with Crippen molar-refractivity contribution in [3.63, 3.8) is 0 Å². The van der Waals surface area contributed by atoms with Gasteiger partial charge in [0.25, 0.3) is 0 Å². The van der Waals surface area contributed by atoms with Crippen molar-refractivity contribution in [1.82, 2.24) is 4.98 Å². The van der Waals surface area contributed by atoms with E-state index < -0.39 is 0 Å². The van der Waals surface area contributed by atoms with E-state index in [1.54, 1.807) is 37.8 Å². The van der Waals surface area contributed by atoms with Crippen molar-refractivity contribution < 1.29 is 18.7 Å². The fourth-order valence-electron chi connectivity index (χ4n) is 3.06. The summed E-state index contributed by atoms with van der Waals surface area (Å²) in [7, 11) is 1.59. The van der Waals surface area contributed by atoms with Crippen molar-refractivity contribution in [1.29, 1.82) is 0 Å². The van der Waals surface area contributed by atoms with Gasteiger partial charge in [-0.3, -0.25) is 9.79 Å². The van der Waals surface area contributed by atoms with Gasteiger partial charge >= 0.3 is 0 Å². The molecule has 0 aliphatic heterocycles. The third-order valence-electron chi connectivity index (χ3n) is 4.49. The van der Waals surface area contributed by atoms with E-state index in [-0.39, 0.29) is 18.9 Å². The van der Waals surface area contributed by atoms with Crippen molar-refractivity contribution in [2.75, 3.05) is 20.3 Å². The number of aliphatic imine (C=N–C) groups is 1. The molecule has 0 aliphatic carbocycles. The Hall–Kier alpha value is -3.80. The van der Waals surface area contributed by atoms with Crippen molar-refractivity contribution in [2.45, 2.75) is 0 Å². The zero-order valence-corrected chi connectivity index (χ0v) is 15.9. The van der Waals surface area contributed by atoms with E-state index in [0.29, 0.717) is 17.3 Å². The molecule has 6 nitrogen and oxygen atoms in total. The molecule has 0 fully saturated rings. The Bertz CT molecular complexity index is 1140. The van der Waals surface area contributed by atoms with Crippen molar-refractivity contribution in [3.8, 4) is 22.8 Å². The smallest absolute Gasteiger partial charge is 0.191 e. The highest BCUT2D eigenvalue weighted by Crippen LogP contribution is 2.33. The Morgan fingerprint density at radius 3 is 2.93 bits per heavy atom. The SMILES string of the molecule is COc1ccc(OCC(=O)CN=Cc2cccc3[nH]ccc23)c(-c2ccco2)c1. The molecule has 0 saturated heterocycles. The van der Waals surface area contributed by atoms with Crippen LogP contribution in [0.3, 0.4) is 0 Å². The molecule has 0 spiro atoms. The quantitative estimate of drug-likeness (QED) is 0.451. The number of aromatic nitrogens is 1. The van der Waals surface area contributed by atoms with E-state index in [2.05, 4.69) is 9.98 Å². The number of H-pyrrole nitrogens is 1. The fraction of sp³-hybridized carbons (Fsp3) is 0.130. The average molecular weight is 388 g/mol. The normalized spacial score (nSPS) is 11.2. The lowest BCUT2D eigenvalue weighted by atomic mass is 10.1. The number of hydrogen-bond acceptors (Lipinski definition) is 5. The van der Waals surface area contributed by atoms with E-state index in [1.165, 1.54) is 0 Å². The highest BCUT2D eigenvalue weighted by Gasteiger charge is 2.12. The molecule has 0 atom stereocenters. The number of Topliss-reactive ketones (excluding diaryl/α,β-unsaturated/α-hetero) is 1. The topological polar surface area (TPSA) is 76.8 Å². The third kappa shape index (κ3) is 4.21. The first-order chi connectivity index (χ1) is 14.2. The molecule has 4 rings (SSSR count). The number of ketones is 1. The van der Waals surface area contributed by atoms with Crippen molar-refractivity contribution in [2.24, 2.45) is 4.99 Å². The molecule has 4 aromatic rings. The Morgan fingerprint density at radius 2 is 2.10 bits per heavy atom. The second kappa shape index (κ2) is 8.48. The number of nitrogens with zero attached hydrogens (tertiary/aromatic N) is 1. The Labute approximate surface area is 167 Å². The fourth-order valence-corrected chi connectivity index (χ4v) is 3.06. The molecule has 0 aliphatic rings. The largest absolute Gasteiger partial charge is 0.497 e. The number of carbonyl (C=O) groups excluding carboxylic acids is 1. The second-order valence-corrected chi connectivity index (χ2v) is 6.42. The van der Waals surface area contributed by atoms with Crippen LogP contribution in [0.5, 0.6) is 11.5 Å². The summed E-state index contributed by atoms with van der Waals surface area (Å²) in [6.45, 7) is -0.0290. The van der Waals surface area contributed by atoms with Crippen LogP contribution in [0.1, 0.15) is 5.56 Å². The lowest BCUT2D eigenvalue weighted by molar-refractivity contribution is -0.119. The molecule has 0 bridgehead atoms. The summed E-state index contributed by atoms with van der Waals surface area (Å²) in [4.78, 5) is 19.7. The summed E-state index contributed by atoms with van der Waals surface area (Å²) in [6, 6.07) is 16.9. The lowest BCUT2D eigenvalue weighted by Crippen LogP contribution is -2.14. The number of hydrogen-bond donors (Lipinski definition) is 1. The standard InChI is InChI=1S/C23H20N2O4/c1-27-18-7-8-23(20(12-18)22-6-3-11-28-22)29-15-17(26)14-24-13-16-4-2-5-21-19(16)9-10-25-21/h2-13,25H,14-15H2,1H3. The number of methoxy groups -OCH3 is 1. The summed E-state index contributed by atoms with van der Waals surface area (Å²) in [6.07, 6.45) is 5.19. The maximum absolute atomic E-state index is 12.2. The van der Waals surface area contributed by atoms with Crippen molar-refractivity contribution in [3.05, 3.63) is 72.6 Å². The molecule has 0 saturated carbocycles. The summed E-state index contributed by atoms with van der Waals surface area (Å²) < 4.78 is 16.5. The van der Waals surface area contributed by atoms with Gasteiger partial charge in [-0.05, 0) is 42.5 Å². The first-order valence-electron chi connectivity index (χ1n) is 9.17. The van der Waals surface area contributed by atoms with Crippen LogP contribution < -0.4 is 9.47 Å². The van der Waals surface area contributed by atoms with Crippen LogP contribution in [0.2, 0.25) is 0 Å². The molecule has 29 heavy (non-hydrogen) atoms. The van der Waals surface area contributed by atoms with Crippen LogP contribution in [-0.4, -0.2) is 37.2 Å². The van der Waals surface area contributed by atoms with E-state index in [4.69, 9.17) is 13.9 Å². The van der Waals surface area contributed by atoms with Crippen LogP contribution in [0.25, 0.3) is 22.2 Å². The Morgan fingerprint density at radius 1 is 1.17 bits per heavy atom. The Kier molecular flexibility index (Phi) is 5.42. The number of aromatic amines is 1. The van der Waals surface area contributed by atoms with E-state index in [0.717, 1.165) is 22.0 Å². The molecule has 0 unspecified atom stereocenters. The summed E-state index contributed by atoms with van der Waals surface area (Å²) in [5.74, 6) is 1.75. The number of rotatable bonds is 8. The molecule has 2 aromatic heterocycles. The number of ether oxygens (including phenoxy) is 2. The predicted molar refractivity (Wildman–Crippen MR) is 112 cm³/mol. The van der Waals surface area contributed by atoms with E-state index in [9.17, 15) is 4.79 Å². The molecule has 1 N–H and O–H groups in total. The maximum Gasteiger partial charge on any atom is 0.191 e. The monoisotopic (exact) mass is 388 g/mol. The summed E-state index contributed by atoms with van der Waals surface area (Å²) in [5.41, 5.74) is 2.73. The van der Waals surface area contributed by atoms with Crippen molar-refractivity contribution >= 4 is 22.9 Å². The lowest BCUT2D eigenvalue weighted by Gasteiger charge is -2.11. The zero-order chi connectivity index (χ0) is 20.1. The first-order valence-corrected chi connectivity index (χ1v) is 9.17. The van der Waals surface area contributed by atoms with Gasteiger partial charge in [0.05, 0.1) is 18.9 Å². The molecule has 146 valence electrons. The summed E-state index contributed by atoms with van der Waals surface area (Å²) >= 11 is 0. The van der Waals surface area contributed by atoms with Gasteiger partial charge in [0, 0.05) is 28.9 Å². The number of furan rings is 1. The number of nitrogens with one attached hydrogen (secondary N) is 1. The average Bonchev–Trinajstić information content (AvgIpc) is 3.44. The summed E-state index contributed by atoms with van der Waals surface area (Å²) in [5, 5.41) is 1.07. The van der Waals surface area contributed by atoms with Gasteiger partial charge < -0.3 is 18.9 Å². The molecule has 0 amide bonds. The van der Waals surface area contributed by atoms with E-state index >= 15 is 0 Å². The highest BCUT2D eigenvalue weighted by molar-refractivity contribution is 5.99. The molecule has 0 radical (unpaired) electrons.